The van der Waals surface area contributed by atoms with Gasteiger partial charge < -0.3 is 15.2 Å². The van der Waals surface area contributed by atoms with Gasteiger partial charge in [-0.15, -0.1) is 0 Å². The molecule has 1 aliphatic carbocycles. The van der Waals surface area contributed by atoms with Crippen LogP contribution >= 0.6 is 15.9 Å². The highest BCUT2D eigenvalue weighted by molar-refractivity contribution is 9.10. The maximum Gasteiger partial charge on any atom is 0.270 e. The molecule has 19 heavy (non-hydrogen) atoms. The van der Waals surface area contributed by atoms with Crippen LogP contribution in [0.4, 0.5) is 0 Å². The molecule has 3 rings (SSSR count). The Morgan fingerprint density at radius 3 is 2.79 bits per heavy atom. The van der Waals surface area contributed by atoms with Gasteiger partial charge in [0.05, 0.1) is 0 Å². The van der Waals surface area contributed by atoms with Crippen molar-refractivity contribution in [2.75, 3.05) is 13.1 Å². The molecular weight excluding hydrogens is 306 g/mol. The maximum atomic E-state index is 12.6. The van der Waals surface area contributed by atoms with Gasteiger partial charge >= 0.3 is 0 Å². The van der Waals surface area contributed by atoms with E-state index in [1.807, 2.05) is 17.2 Å². The van der Waals surface area contributed by atoms with Crippen molar-refractivity contribution in [3.63, 3.8) is 0 Å². The number of aromatic nitrogens is 1. The van der Waals surface area contributed by atoms with Gasteiger partial charge in [0.15, 0.2) is 0 Å². The van der Waals surface area contributed by atoms with Gasteiger partial charge in [0.25, 0.3) is 5.91 Å². The molecule has 2 aliphatic rings. The van der Waals surface area contributed by atoms with Gasteiger partial charge in [0, 0.05) is 35.8 Å². The second-order valence-electron chi connectivity index (χ2n) is 5.86. The molecule has 0 bridgehead atoms. The lowest BCUT2D eigenvalue weighted by molar-refractivity contribution is 0.0661. The number of piperidine rings is 1. The minimum Gasteiger partial charge on any atom is -0.339 e. The molecule has 0 spiro atoms. The van der Waals surface area contributed by atoms with Gasteiger partial charge in [-0.3, -0.25) is 4.79 Å². The van der Waals surface area contributed by atoms with Crippen LogP contribution in [-0.2, 0) is 0 Å². The number of amides is 1. The zero-order chi connectivity index (χ0) is 13.6. The first kappa shape index (κ1) is 13.2. The molecule has 2 unspecified atom stereocenters. The molecule has 1 saturated heterocycles. The topological polar surface area (TPSA) is 51.3 Å². The normalized spacial score (nSPS) is 27.6. The molecule has 1 amide bonds. The number of carbonyl (C=O) groups is 1. The molecule has 1 aromatic rings. The molecule has 2 heterocycles. The fraction of sp³-hybridized carbons (Fsp3) is 0.643. The highest BCUT2D eigenvalue weighted by Crippen LogP contribution is 2.38. The number of carbonyl (C=O) groups excluding carboxylic acids is 1. The van der Waals surface area contributed by atoms with Gasteiger partial charge in [-0.2, -0.15) is 0 Å². The van der Waals surface area contributed by atoms with Gasteiger partial charge in [-0.05, 0) is 47.2 Å². The molecule has 2 N–H and O–H groups in total. The molecule has 1 aromatic heterocycles. The van der Waals surface area contributed by atoms with Crippen molar-refractivity contribution < 1.29 is 4.79 Å². The monoisotopic (exact) mass is 325 g/mol. The van der Waals surface area contributed by atoms with Gasteiger partial charge in [0.2, 0.25) is 0 Å². The van der Waals surface area contributed by atoms with E-state index in [-0.39, 0.29) is 11.9 Å². The van der Waals surface area contributed by atoms with E-state index in [0.29, 0.717) is 18.5 Å². The van der Waals surface area contributed by atoms with E-state index in [1.165, 1.54) is 12.8 Å². The summed E-state index contributed by atoms with van der Waals surface area (Å²) in [5.41, 5.74) is 6.89. The van der Waals surface area contributed by atoms with Crippen LogP contribution < -0.4 is 5.73 Å². The molecule has 1 aliphatic heterocycles. The number of rotatable bonds is 2. The highest BCUT2D eigenvalue weighted by atomic mass is 79.9. The first-order valence-electron chi connectivity index (χ1n) is 6.98. The van der Waals surface area contributed by atoms with Crippen molar-refractivity contribution in [3.8, 4) is 0 Å². The zero-order valence-electron chi connectivity index (χ0n) is 11.2. The van der Waals surface area contributed by atoms with Crippen molar-refractivity contribution in [1.29, 1.82) is 0 Å². The summed E-state index contributed by atoms with van der Waals surface area (Å²) in [6, 6.07) is 2.55. The average Bonchev–Trinajstić information content (AvgIpc) is 3.15. The largest absolute Gasteiger partial charge is 0.339 e. The molecule has 0 aromatic carbocycles. The lowest BCUT2D eigenvalue weighted by Crippen LogP contribution is -2.50. The summed E-state index contributed by atoms with van der Waals surface area (Å²) in [6.45, 7) is 3.66. The molecular formula is C14H20BrN3O. The van der Waals surface area contributed by atoms with E-state index in [0.717, 1.165) is 23.1 Å². The van der Waals surface area contributed by atoms with Crippen LogP contribution in [0.1, 0.15) is 42.7 Å². The minimum atomic E-state index is 0.102. The predicted molar refractivity (Wildman–Crippen MR) is 78.1 cm³/mol. The number of hydrogen-bond acceptors (Lipinski definition) is 2. The third-order valence-electron chi connectivity index (χ3n) is 4.28. The lowest BCUT2D eigenvalue weighted by atomic mass is 9.94. The fourth-order valence-electron chi connectivity index (χ4n) is 2.72. The summed E-state index contributed by atoms with van der Waals surface area (Å²) < 4.78 is 3.10. The van der Waals surface area contributed by atoms with E-state index in [1.54, 1.807) is 0 Å². The molecule has 5 heteroatoms. The third kappa shape index (κ3) is 2.58. The smallest absolute Gasteiger partial charge is 0.270 e. The van der Waals surface area contributed by atoms with Crippen LogP contribution in [-0.4, -0.2) is 34.5 Å². The van der Waals surface area contributed by atoms with Crippen LogP contribution in [0, 0.1) is 5.92 Å². The Kier molecular flexibility index (Phi) is 3.43. The number of likely N-dealkylation sites (tertiary alicyclic amines) is 1. The first-order chi connectivity index (χ1) is 9.06. The molecule has 0 radical (unpaired) electrons. The van der Waals surface area contributed by atoms with Gasteiger partial charge in [0.1, 0.15) is 5.69 Å². The molecule has 4 nitrogen and oxygen atoms in total. The van der Waals surface area contributed by atoms with Gasteiger partial charge in [-0.25, -0.2) is 0 Å². The SMILES string of the molecule is CC1CCN(C(=O)c2cc(Br)cn2C2CC2)CC1N. The van der Waals surface area contributed by atoms with Crippen LogP contribution in [0.15, 0.2) is 16.7 Å². The summed E-state index contributed by atoms with van der Waals surface area (Å²) >= 11 is 3.48. The second-order valence-corrected chi connectivity index (χ2v) is 6.78. The predicted octanol–water partition coefficient (Wildman–Crippen LogP) is 2.39. The Hall–Kier alpha value is -0.810. The Bertz CT molecular complexity index is 495. The average molecular weight is 326 g/mol. The van der Waals surface area contributed by atoms with Crippen molar-refractivity contribution >= 4 is 21.8 Å². The minimum absolute atomic E-state index is 0.102. The van der Waals surface area contributed by atoms with Crippen molar-refractivity contribution in [3.05, 3.63) is 22.4 Å². The van der Waals surface area contributed by atoms with Crippen LogP contribution in [0.3, 0.4) is 0 Å². The zero-order valence-corrected chi connectivity index (χ0v) is 12.8. The quantitative estimate of drug-likeness (QED) is 0.907. The molecule has 104 valence electrons. The standard InChI is InChI=1S/C14H20BrN3O/c1-9-4-5-17(8-12(9)16)14(19)13-6-10(15)7-18(13)11-2-3-11/h6-7,9,11-12H,2-5,8,16H2,1H3. The van der Waals surface area contributed by atoms with Crippen LogP contribution in [0.2, 0.25) is 0 Å². The third-order valence-corrected chi connectivity index (χ3v) is 4.71. The van der Waals surface area contributed by atoms with Crippen molar-refractivity contribution in [1.82, 2.24) is 9.47 Å². The van der Waals surface area contributed by atoms with Crippen molar-refractivity contribution in [2.45, 2.75) is 38.3 Å². The summed E-state index contributed by atoms with van der Waals surface area (Å²) in [5, 5.41) is 0. The van der Waals surface area contributed by atoms with E-state index in [2.05, 4.69) is 27.4 Å². The number of halogens is 1. The summed E-state index contributed by atoms with van der Waals surface area (Å²) in [5.74, 6) is 0.631. The van der Waals surface area contributed by atoms with E-state index in [9.17, 15) is 4.79 Å². The van der Waals surface area contributed by atoms with E-state index < -0.39 is 0 Å². The summed E-state index contributed by atoms with van der Waals surface area (Å²) in [4.78, 5) is 14.6. The second kappa shape index (κ2) is 4.94. The Morgan fingerprint density at radius 1 is 1.42 bits per heavy atom. The fourth-order valence-corrected chi connectivity index (χ4v) is 3.15. The molecule has 1 saturated carbocycles. The highest BCUT2D eigenvalue weighted by Gasteiger charge is 2.32. The Morgan fingerprint density at radius 2 is 2.16 bits per heavy atom. The van der Waals surface area contributed by atoms with E-state index >= 15 is 0 Å². The Labute approximate surface area is 122 Å². The van der Waals surface area contributed by atoms with Gasteiger partial charge in [-0.1, -0.05) is 6.92 Å². The number of nitrogens with zero attached hydrogens (tertiary/aromatic N) is 2. The van der Waals surface area contributed by atoms with Crippen LogP contribution in [0.25, 0.3) is 0 Å². The summed E-state index contributed by atoms with van der Waals surface area (Å²) in [7, 11) is 0. The number of nitrogens with two attached hydrogens (primary N) is 1. The van der Waals surface area contributed by atoms with Crippen molar-refractivity contribution in [2.24, 2.45) is 11.7 Å². The maximum absolute atomic E-state index is 12.6. The first-order valence-corrected chi connectivity index (χ1v) is 7.78. The van der Waals surface area contributed by atoms with Crippen LogP contribution in [0.5, 0.6) is 0 Å². The number of hydrogen-bond donors (Lipinski definition) is 1. The molecule has 2 fully saturated rings. The molecule has 2 atom stereocenters. The summed E-state index contributed by atoms with van der Waals surface area (Å²) in [6.07, 6.45) is 5.38. The Balaban J connectivity index is 1.80. The van der Waals surface area contributed by atoms with E-state index in [4.69, 9.17) is 5.73 Å². The lowest BCUT2D eigenvalue weighted by Gasteiger charge is -2.35.